The molecule has 1 aromatic heterocycles. The average molecular weight is 418 g/mol. The molecule has 0 unspecified atom stereocenters. The molecule has 1 heterocycles. The molecule has 152 valence electrons. The molecule has 0 saturated heterocycles. The van der Waals surface area contributed by atoms with Gasteiger partial charge in [0.1, 0.15) is 11.6 Å². The first-order valence-electron chi connectivity index (χ1n) is 8.99. The number of allylic oxidation sites excluding steroid dienone is 1. The lowest BCUT2D eigenvalue weighted by molar-refractivity contribution is 0.304. The minimum Gasteiger partial charge on any atom is -0.301 e. The van der Waals surface area contributed by atoms with E-state index >= 15 is 0 Å². The Balaban J connectivity index is 1.68. The first kappa shape index (κ1) is 21.1. The van der Waals surface area contributed by atoms with Crippen molar-refractivity contribution in [1.82, 2.24) is 19.7 Å². The molecule has 4 nitrogen and oxygen atoms in total. The zero-order valence-electron chi connectivity index (χ0n) is 16.0. The van der Waals surface area contributed by atoms with Crippen LogP contribution in [0.15, 0.2) is 60.3 Å². The number of rotatable bonds is 9. The third-order valence-corrected chi connectivity index (χ3v) is 5.25. The van der Waals surface area contributed by atoms with Crippen molar-refractivity contribution in [3.8, 4) is 0 Å². The molecule has 0 aliphatic rings. The quantitative estimate of drug-likeness (QED) is 0.369. The third-order valence-electron chi connectivity index (χ3n) is 4.21. The number of halogens is 3. The summed E-state index contributed by atoms with van der Waals surface area (Å²) >= 11 is 1.47. The number of nitrogens with zero attached hydrogens (tertiary/aromatic N) is 4. The fraction of sp³-hybridized carbons (Fsp3) is 0.238. The highest BCUT2D eigenvalue weighted by atomic mass is 32.2. The first-order valence-corrected chi connectivity index (χ1v) is 9.97. The van der Waals surface area contributed by atoms with Crippen molar-refractivity contribution in [3.63, 3.8) is 0 Å². The molecule has 0 aliphatic heterocycles. The first-order chi connectivity index (χ1) is 14.0. The van der Waals surface area contributed by atoms with Gasteiger partial charge in [-0.2, -0.15) is 0 Å². The Morgan fingerprint density at radius 2 is 1.86 bits per heavy atom. The van der Waals surface area contributed by atoms with E-state index in [1.807, 2.05) is 22.6 Å². The van der Waals surface area contributed by atoms with E-state index in [1.54, 1.807) is 18.2 Å². The average Bonchev–Trinajstić information content (AvgIpc) is 3.05. The summed E-state index contributed by atoms with van der Waals surface area (Å²) in [7, 11) is 1.87. The topological polar surface area (TPSA) is 34.0 Å². The van der Waals surface area contributed by atoms with Crippen LogP contribution in [0.5, 0.6) is 0 Å². The highest BCUT2D eigenvalue weighted by Crippen LogP contribution is 2.23. The van der Waals surface area contributed by atoms with Gasteiger partial charge in [0.2, 0.25) is 0 Å². The van der Waals surface area contributed by atoms with Crippen molar-refractivity contribution in [2.75, 3.05) is 7.05 Å². The van der Waals surface area contributed by atoms with Crippen LogP contribution in [0.4, 0.5) is 13.2 Å². The van der Waals surface area contributed by atoms with Gasteiger partial charge in [0.25, 0.3) is 0 Å². The second kappa shape index (κ2) is 9.76. The number of thioether (sulfide) groups is 1. The lowest BCUT2D eigenvalue weighted by atomic mass is 10.2. The molecule has 0 radical (unpaired) electrons. The molecule has 0 fully saturated rings. The zero-order chi connectivity index (χ0) is 20.8. The molecule has 0 amide bonds. The molecule has 2 aromatic carbocycles. The van der Waals surface area contributed by atoms with E-state index in [9.17, 15) is 13.2 Å². The molecule has 29 heavy (non-hydrogen) atoms. The number of hydrogen-bond donors (Lipinski definition) is 0. The number of aromatic nitrogens is 3. The van der Waals surface area contributed by atoms with Crippen LogP contribution in [0.25, 0.3) is 0 Å². The summed E-state index contributed by atoms with van der Waals surface area (Å²) in [6.07, 6.45) is 1.76. The van der Waals surface area contributed by atoms with Gasteiger partial charge in [0, 0.05) is 18.8 Å². The van der Waals surface area contributed by atoms with E-state index < -0.39 is 11.6 Å². The summed E-state index contributed by atoms with van der Waals surface area (Å²) < 4.78 is 41.8. The minimum atomic E-state index is -0.859. The standard InChI is InChI=1S/C21H21F3N4S/c1-3-9-28-20(13-27(2)12-15-7-8-18(23)19(24)11-15)25-26-21(28)29-14-16-5-4-6-17(22)10-16/h3-8,10-11H,1,9,12-14H2,2H3. The third kappa shape index (κ3) is 5.71. The SMILES string of the molecule is C=CCn1c(CN(C)Cc2ccc(F)c(F)c2)nnc1SCc1cccc(F)c1. The zero-order valence-corrected chi connectivity index (χ0v) is 16.8. The summed E-state index contributed by atoms with van der Waals surface area (Å²) in [5, 5.41) is 9.24. The summed E-state index contributed by atoms with van der Waals surface area (Å²) in [5.41, 5.74) is 1.53. The maximum atomic E-state index is 13.4. The molecule has 0 aliphatic carbocycles. The van der Waals surface area contributed by atoms with Crippen LogP contribution < -0.4 is 0 Å². The van der Waals surface area contributed by atoms with Gasteiger partial charge in [-0.05, 0) is 42.4 Å². The maximum Gasteiger partial charge on any atom is 0.191 e. The molecule has 0 saturated carbocycles. The van der Waals surface area contributed by atoms with Crippen LogP contribution in [0, 0.1) is 17.5 Å². The van der Waals surface area contributed by atoms with Crippen molar-refractivity contribution < 1.29 is 13.2 Å². The highest BCUT2D eigenvalue weighted by molar-refractivity contribution is 7.98. The van der Waals surface area contributed by atoms with Crippen LogP contribution in [0.3, 0.4) is 0 Å². The van der Waals surface area contributed by atoms with E-state index in [1.165, 1.54) is 30.0 Å². The Bertz CT molecular complexity index is 990. The lowest BCUT2D eigenvalue weighted by Crippen LogP contribution is -2.20. The summed E-state index contributed by atoms with van der Waals surface area (Å²) in [5.74, 6) is -0.687. The predicted octanol–water partition coefficient (Wildman–Crippen LogP) is 4.81. The van der Waals surface area contributed by atoms with E-state index in [4.69, 9.17) is 0 Å². The number of benzene rings is 2. The Morgan fingerprint density at radius 3 is 2.59 bits per heavy atom. The van der Waals surface area contributed by atoms with Crippen LogP contribution in [-0.4, -0.2) is 26.7 Å². The highest BCUT2D eigenvalue weighted by Gasteiger charge is 2.14. The largest absolute Gasteiger partial charge is 0.301 e. The van der Waals surface area contributed by atoms with Gasteiger partial charge < -0.3 is 4.57 Å². The normalized spacial score (nSPS) is 11.2. The molecule has 0 atom stereocenters. The Kier molecular flexibility index (Phi) is 7.11. The van der Waals surface area contributed by atoms with Crippen molar-refractivity contribution in [3.05, 3.63) is 89.5 Å². The Hall–Kier alpha value is -2.58. The summed E-state index contributed by atoms with van der Waals surface area (Å²) in [4.78, 5) is 1.94. The Labute approximate surface area is 172 Å². The van der Waals surface area contributed by atoms with Gasteiger partial charge in [-0.25, -0.2) is 13.2 Å². The van der Waals surface area contributed by atoms with Gasteiger partial charge in [-0.3, -0.25) is 4.90 Å². The molecule has 0 N–H and O–H groups in total. The number of hydrogen-bond acceptors (Lipinski definition) is 4. The van der Waals surface area contributed by atoms with E-state index in [-0.39, 0.29) is 5.82 Å². The monoisotopic (exact) mass is 418 g/mol. The van der Waals surface area contributed by atoms with Crippen LogP contribution in [0.1, 0.15) is 17.0 Å². The summed E-state index contributed by atoms with van der Waals surface area (Å²) in [6, 6.07) is 10.3. The van der Waals surface area contributed by atoms with Crippen LogP contribution >= 0.6 is 11.8 Å². The fourth-order valence-corrected chi connectivity index (χ4v) is 3.79. The molecule has 3 rings (SSSR count). The summed E-state index contributed by atoms with van der Waals surface area (Å²) in [6.45, 7) is 5.23. The van der Waals surface area contributed by atoms with Crippen LogP contribution in [0.2, 0.25) is 0 Å². The van der Waals surface area contributed by atoms with E-state index in [0.29, 0.717) is 36.1 Å². The maximum absolute atomic E-state index is 13.4. The Morgan fingerprint density at radius 1 is 1.03 bits per heavy atom. The van der Waals surface area contributed by atoms with E-state index in [2.05, 4.69) is 16.8 Å². The molecule has 0 spiro atoms. The second-order valence-electron chi connectivity index (χ2n) is 6.64. The fourth-order valence-electron chi connectivity index (χ4n) is 2.88. The van der Waals surface area contributed by atoms with Crippen molar-refractivity contribution in [1.29, 1.82) is 0 Å². The predicted molar refractivity (Wildman–Crippen MR) is 108 cm³/mol. The smallest absolute Gasteiger partial charge is 0.191 e. The van der Waals surface area contributed by atoms with Crippen LogP contribution in [-0.2, 0) is 25.4 Å². The molecule has 8 heteroatoms. The van der Waals surface area contributed by atoms with Gasteiger partial charge in [-0.15, -0.1) is 16.8 Å². The van der Waals surface area contributed by atoms with E-state index in [0.717, 1.165) is 17.5 Å². The minimum absolute atomic E-state index is 0.268. The second-order valence-corrected chi connectivity index (χ2v) is 7.58. The van der Waals surface area contributed by atoms with Gasteiger partial charge >= 0.3 is 0 Å². The molecular weight excluding hydrogens is 397 g/mol. The van der Waals surface area contributed by atoms with Crippen molar-refractivity contribution in [2.45, 2.75) is 30.5 Å². The van der Waals surface area contributed by atoms with Gasteiger partial charge in [0.05, 0.1) is 6.54 Å². The van der Waals surface area contributed by atoms with Crippen molar-refractivity contribution in [2.24, 2.45) is 0 Å². The lowest BCUT2D eigenvalue weighted by Gasteiger charge is -2.17. The molecule has 0 bridgehead atoms. The van der Waals surface area contributed by atoms with Crippen molar-refractivity contribution >= 4 is 11.8 Å². The molecular formula is C21H21F3N4S. The molecule has 3 aromatic rings. The van der Waals surface area contributed by atoms with Gasteiger partial charge in [0.15, 0.2) is 16.8 Å². The van der Waals surface area contributed by atoms with Gasteiger partial charge in [-0.1, -0.05) is 36.0 Å².